The molecule has 0 amide bonds. The van der Waals surface area contributed by atoms with Gasteiger partial charge in [0.1, 0.15) is 0 Å². The summed E-state index contributed by atoms with van der Waals surface area (Å²) >= 11 is 1.58. The highest BCUT2D eigenvalue weighted by atomic mass is 32.1. The molecule has 17 heavy (non-hydrogen) atoms. The third-order valence-corrected chi connectivity index (χ3v) is 3.21. The molecule has 0 saturated carbocycles. The SMILES string of the molecule is CC(=O)c1ccccc1N(C)Cc1cscn1. The Morgan fingerprint density at radius 1 is 1.41 bits per heavy atom. The molecule has 1 aromatic heterocycles. The van der Waals surface area contributed by atoms with Gasteiger partial charge in [0, 0.05) is 23.7 Å². The summed E-state index contributed by atoms with van der Waals surface area (Å²) in [7, 11) is 1.97. The summed E-state index contributed by atoms with van der Waals surface area (Å²) in [6, 6.07) is 7.65. The van der Waals surface area contributed by atoms with E-state index in [9.17, 15) is 4.79 Å². The van der Waals surface area contributed by atoms with E-state index in [0.717, 1.165) is 16.9 Å². The number of thiazole rings is 1. The number of hydrogen-bond donors (Lipinski definition) is 0. The van der Waals surface area contributed by atoms with Crippen LogP contribution in [0.25, 0.3) is 0 Å². The highest BCUT2D eigenvalue weighted by molar-refractivity contribution is 7.07. The molecule has 0 aliphatic rings. The molecule has 4 heteroatoms. The van der Waals surface area contributed by atoms with Gasteiger partial charge in [-0.25, -0.2) is 4.98 Å². The number of rotatable bonds is 4. The van der Waals surface area contributed by atoms with E-state index in [4.69, 9.17) is 0 Å². The zero-order valence-corrected chi connectivity index (χ0v) is 10.7. The Hall–Kier alpha value is -1.68. The van der Waals surface area contributed by atoms with E-state index in [-0.39, 0.29) is 5.78 Å². The second-order valence-electron chi connectivity index (χ2n) is 3.91. The average Bonchev–Trinajstić information content (AvgIpc) is 2.81. The molecule has 0 radical (unpaired) electrons. The number of Topliss-reactive ketones (excluding diaryl/α,β-unsaturated/α-hetero) is 1. The normalized spacial score (nSPS) is 10.2. The molecule has 1 heterocycles. The minimum atomic E-state index is 0.0886. The van der Waals surface area contributed by atoms with E-state index in [0.29, 0.717) is 6.54 Å². The number of para-hydroxylation sites is 1. The van der Waals surface area contributed by atoms with Crippen LogP contribution in [0.2, 0.25) is 0 Å². The van der Waals surface area contributed by atoms with Crippen molar-refractivity contribution < 1.29 is 4.79 Å². The minimum Gasteiger partial charge on any atom is -0.368 e. The summed E-state index contributed by atoms with van der Waals surface area (Å²) in [5.41, 5.74) is 4.55. The highest BCUT2D eigenvalue weighted by Gasteiger charge is 2.11. The Bertz CT molecular complexity index is 508. The van der Waals surface area contributed by atoms with Crippen molar-refractivity contribution in [3.05, 3.63) is 46.4 Å². The molecule has 0 spiro atoms. The van der Waals surface area contributed by atoms with Gasteiger partial charge in [-0.2, -0.15) is 0 Å². The van der Waals surface area contributed by atoms with Gasteiger partial charge < -0.3 is 4.90 Å². The lowest BCUT2D eigenvalue weighted by Crippen LogP contribution is -2.19. The lowest BCUT2D eigenvalue weighted by atomic mass is 10.1. The first kappa shape index (κ1) is 11.8. The number of carbonyl (C=O) groups excluding carboxylic acids is 1. The predicted molar refractivity (Wildman–Crippen MR) is 70.7 cm³/mol. The molecule has 2 rings (SSSR count). The maximum atomic E-state index is 11.5. The third-order valence-electron chi connectivity index (χ3n) is 2.58. The van der Waals surface area contributed by atoms with E-state index in [1.165, 1.54) is 0 Å². The van der Waals surface area contributed by atoms with Crippen LogP contribution in [0.15, 0.2) is 35.2 Å². The van der Waals surface area contributed by atoms with Crippen LogP contribution in [-0.2, 0) is 6.54 Å². The molecule has 2 aromatic rings. The van der Waals surface area contributed by atoms with Crippen molar-refractivity contribution in [2.75, 3.05) is 11.9 Å². The molecule has 0 atom stereocenters. The van der Waals surface area contributed by atoms with Crippen molar-refractivity contribution >= 4 is 22.8 Å². The first-order chi connectivity index (χ1) is 8.18. The molecule has 3 nitrogen and oxygen atoms in total. The first-order valence-electron chi connectivity index (χ1n) is 5.36. The number of hydrogen-bond acceptors (Lipinski definition) is 4. The fraction of sp³-hybridized carbons (Fsp3) is 0.231. The fourth-order valence-electron chi connectivity index (χ4n) is 1.75. The zero-order chi connectivity index (χ0) is 12.3. The zero-order valence-electron chi connectivity index (χ0n) is 9.88. The van der Waals surface area contributed by atoms with Gasteiger partial charge in [-0.1, -0.05) is 12.1 Å². The van der Waals surface area contributed by atoms with Crippen molar-refractivity contribution in [2.24, 2.45) is 0 Å². The lowest BCUT2D eigenvalue weighted by Gasteiger charge is -2.20. The molecule has 0 N–H and O–H groups in total. The van der Waals surface area contributed by atoms with Crippen LogP contribution in [0.1, 0.15) is 23.0 Å². The lowest BCUT2D eigenvalue weighted by molar-refractivity contribution is 0.101. The minimum absolute atomic E-state index is 0.0886. The van der Waals surface area contributed by atoms with Gasteiger partial charge >= 0.3 is 0 Å². The molecule has 1 aromatic carbocycles. The van der Waals surface area contributed by atoms with Crippen LogP contribution in [-0.4, -0.2) is 17.8 Å². The molecule has 0 unspecified atom stereocenters. The number of aromatic nitrogens is 1. The second kappa shape index (κ2) is 5.10. The van der Waals surface area contributed by atoms with Gasteiger partial charge in [0.05, 0.1) is 17.7 Å². The fourth-order valence-corrected chi connectivity index (χ4v) is 2.30. The van der Waals surface area contributed by atoms with Crippen molar-refractivity contribution in [1.82, 2.24) is 4.98 Å². The average molecular weight is 246 g/mol. The van der Waals surface area contributed by atoms with Gasteiger partial charge in [-0.15, -0.1) is 11.3 Å². The van der Waals surface area contributed by atoms with Crippen LogP contribution in [0.4, 0.5) is 5.69 Å². The Balaban J connectivity index is 2.24. The third kappa shape index (κ3) is 2.71. The van der Waals surface area contributed by atoms with Crippen LogP contribution in [0.5, 0.6) is 0 Å². The molecule has 0 saturated heterocycles. The Labute approximate surface area is 105 Å². The first-order valence-corrected chi connectivity index (χ1v) is 6.31. The summed E-state index contributed by atoms with van der Waals surface area (Å²) in [5, 5.41) is 2.02. The van der Waals surface area contributed by atoms with E-state index in [1.54, 1.807) is 18.3 Å². The van der Waals surface area contributed by atoms with Gasteiger partial charge in [-0.05, 0) is 19.1 Å². The predicted octanol–water partition coefficient (Wildman–Crippen LogP) is 2.98. The Kier molecular flexibility index (Phi) is 3.54. The van der Waals surface area contributed by atoms with Crippen molar-refractivity contribution in [3.63, 3.8) is 0 Å². The molecular formula is C13H14N2OS. The van der Waals surface area contributed by atoms with E-state index >= 15 is 0 Å². The number of carbonyl (C=O) groups is 1. The molecule has 0 bridgehead atoms. The molecule has 88 valence electrons. The maximum Gasteiger partial charge on any atom is 0.161 e. The topological polar surface area (TPSA) is 33.2 Å². The summed E-state index contributed by atoms with van der Waals surface area (Å²) < 4.78 is 0. The van der Waals surface area contributed by atoms with Gasteiger partial charge in [0.2, 0.25) is 0 Å². The summed E-state index contributed by atoms with van der Waals surface area (Å²) in [6.45, 7) is 2.31. The largest absolute Gasteiger partial charge is 0.368 e. The smallest absolute Gasteiger partial charge is 0.161 e. The van der Waals surface area contributed by atoms with E-state index < -0.39 is 0 Å². The Morgan fingerprint density at radius 3 is 2.82 bits per heavy atom. The number of anilines is 1. The monoisotopic (exact) mass is 246 g/mol. The second-order valence-corrected chi connectivity index (χ2v) is 4.63. The highest BCUT2D eigenvalue weighted by Crippen LogP contribution is 2.21. The van der Waals surface area contributed by atoms with Crippen LogP contribution in [0.3, 0.4) is 0 Å². The molecule has 0 fully saturated rings. The summed E-state index contributed by atoms with van der Waals surface area (Å²) in [4.78, 5) is 17.8. The number of ketones is 1. The van der Waals surface area contributed by atoms with Crippen LogP contribution >= 0.6 is 11.3 Å². The van der Waals surface area contributed by atoms with Gasteiger partial charge in [-0.3, -0.25) is 4.79 Å². The maximum absolute atomic E-state index is 11.5. The number of benzene rings is 1. The molecule has 0 aliphatic carbocycles. The van der Waals surface area contributed by atoms with Gasteiger partial charge in [0.25, 0.3) is 0 Å². The molecular weight excluding hydrogens is 232 g/mol. The van der Waals surface area contributed by atoms with Crippen LogP contribution in [0, 0.1) is 0 Å². The number of nitrogens with zero attached hydrogens (tertiary/aromatic N) is 2. The summed E-state index contributed by atoms with van der Waals surface area (Å²) in [6.07, 6.45) is 0. The van der Waals surface area contributed by atoms with Crippen molar-refractivity contribution in [2.45, 2.75) is 13.5 Å². The van der Waals surface area contributed by atoms with Crippen molar-refractivity contribution in [3.8, 4) is 0 Å². The van der Waals surface area contributed by atoms with Crippen LogP contribution < -0.4 is 4.90 Å². The van der Waals surface area contributed by atoms with Gasteiger partial charge in [0.15, 0.2) is 5.78 Å². The van der Waals surface area contributed by atoms with E-state index in [2.05, 4.69) is 4.98 Å². The van der Waals surface area contributed by atoms with Crippen molar-refractivity contribution in [1.29, 1.82) is 0 Å². The Morgan fingerprint density at radius 2 is 2.18 bits per heavy atom. The molecule has 0 aliphatic heterocycles. The standard InChI is InChI=1S/C13H14N2OS/c1-10(16)12-5-3-4-6-13(12)15(2)7-11-8-17-9-14-11/h3-6,8-9H,7H2,1-2H3. The van der Waals surface area contributed by atoms with E-state index in [1.807, 2.05) is 47.1 Å². The quantitative estimate of drug-likeness (QED) is 0.778. The summed E-state index contributed by atoms with van der Waals surface area (Å²) in [5.74, 6) is 0.0886.